The van der Waals surface area contributed by atoms with Crippen LogP contribution < -0.4 is 19.9 Å². The Morgan fingerprint density at radius 2 is 1.60 bits per heavy atom. The number of hydrogen-bond acceptors (Lipinski definition) is 5. The van der Waals surface area contributed by atoms with Crippen molar-refractivity contribution in [2.45, 2.75) is 18.5 Å². The van der Waals surface area contributed by atoms with Gasteiger partial charge in [-0.2, -0.15) is 0 Å². The molecule has 0 saturated carbocycles. The summed E-state index contributed by atoms with van der Waals surface area (Å²) in [4.78, 5) is 2.38. The second-order valence-electron chi connectivity index (χ2n) is 6.41. The van der Waals surface area contributed by atoms with Crippen LogP contribution in [0, 0.1) is 0 Å². The molecule has 1 saturated heterocycles. The summed E-state index contributed by atoms with van der Waals surface area (Å²) in [7, 11) is 4.89. The molecule has 134 valence electrons. The largest absolute Gasteiger partial charge is 0.493 e. The van der Waals surface area contributed by atoms with E-state index >= 15 is 0 Å². The standard InChI is InChI=1S/C20H26N2O3/c1-23-18-9-14(10-19(24-2)20(18)25-3)11-22-12-16(17(21)13-22)15-7-5-4-6-8-15/h4-10,16-17H,11-13,21H2,1-3H3/t16-,17+/m0/s1. The van der Waals surface area contributed by atoms with E-state index in [0.717, 1.165) is 25.2 Å². The summed E-state index contributed by atoms with van der Waals surface area (Å²) < 4.78 is 16.3. The minimum absolute atomic E-state index is 0.143. The van der Waals surface area contributed by atoms with Crippen molar-refractivity contribution in [1.29, 1.82) is 0 Å². The molecule has 0 bridgehead atoms. The highest BCUT2D eigenvalue weighted by Gasteiger charge is 2.31. The Bertz CT molecular complexity index is 680. The van der Waals surface area contributed by atoms with E-state index in [9.17, 15) is 0 Å². The van der Waals surface area contributed by atoms with E-state index in [0.29, 0.717) is 23.2 Å². The van der Waals surface area contributed by atoms with Crippen LogP contribution in [0.1, 0.15) is 17.0 Å². The van der Waals surface area contributed by atoms with Crippen molar-refractivity contribution >= 4 is 0 Å². The molecule has 0 aromatic heterocycles. The van der Waals surface area contributed by atoms with Gasteiger partial charge in [0.1, 0.15) is 0 Å². The first-order valence-corrected chi connectivity index (χ1v) is 8.48. The van der Waals surface area contributed by atoms with Crippen LogP contribution in [0.15, 0.2) is 42.5 Å². The number of rotatable bonds is 6. The highest BCUT2D eigenvalue weighted by atomic mass is 16.5. The van der Waals surface area contributed by atoms with Gasteiger partial charge < -0.3 is 19.9 Å². The van der Waals surface area contributed by atoms with Crippen LogP contribution in [0.25, 0.3) is 0 Å². The Labute approximate surface area is 149 Å². The maximum absolute atomic E-state index is 6.40. The van der Waals surface area contributed by atoms with Crippen LogP contribution in [-0.4, -0.2) is 45.4 Å². The van der Waals surface area contributed by atoms with E-state index in [1.54, 1.807) is 21.3 Å². The summed E-state index contributed by atoms with van der Waals surface area (Å²) in [5, 5.41) is 0. The summed E-state index contributed by atoms with van der Waals surface area (Å²) >= 11 is 0. The van der Waals surface area contributed by atoms with E-state index in [2.05, 4.69) is 29.2 Å². The number of benzene rings is 2. The molecule has 0 radical (unpaired) electrons. The van der Waals surface area contributed by atoms with E-state index < -0.39 is 0 Å². The highest BCUT2D eigenvalue weighted by molar-refractivity contribution is 5.53. The van der Waals surface area contributed by atoms with Crippen LogP contribution in [0.4, 0.5) is 0 Å². The van der Waals surface area contributed by atoms with Gasteiger partial charge in [-0.15, -0.1) is 0 Å². The third-order valence-corrected chi connectivity index (χ3v) is 4.80. The quantitative estimate of drug-likeness (QED) is 0.875. The van der Waals surface area contributed by atoms with E-state index in [1.807, 2.05) is 18.2 Å². The van der Waals surface area contributed by atoms with Gasteiger partial charge in [0.05, 0.1) is 21.3 Å². The first-order chi connectivity index (χ1) is 12.2. The normalized spacial score (nSPS) is 20.5. The van der Waals surface area contributed by atoms with Gasteiger partial charge in [-0.3, -0.25) is 4.90 Å². The molecule has 2 N–H and O–H groups in total. The molecule has 2 aromatic carbocycles. The predicted molar refractivity (Wildman–Crippen MR) is 98.5 cm³/mol. The molecule has 25 heavy (non-hydrogen) atoms. The van der Waals surface area contributed by atoms with E-state index in [1.165, 1.54) is 5.56 Å². The Balaban J connectivity index is 1.77. The Morgan fingerprint density at radius 3 is 2.16 bits per heavy atom. The van der Waals surface area contributed by atoms with Crippen LogP contribution >= 0.6 is 0 Å². The highest BCUT2D eigenvalue weighted by Crippen LogP contribution is 2.39. The molecule has 3 rings (SSSR count). The van der Waals surface area contributed by atoms with Crippen LogP contribution in [0.5, 0.6) is 17.2 Å². The molecule has 5 heteroatoms. The zero-order valence-corrected chi connectivity index (χ0v) is 15.1. The lowest BCUT2D eigenvalue weighted by atomic mass is 9.95. The second kappa shape index (κ2) is 7.76. The van der Waals surface area contributed by atoms with Crippen LogP contribution in [0.2, 0.25) is 0 Å². The molecule has 0 aliphatic carbocycles. The van der Waals surface area contributed by atoms with Crippen molar-refractivity contribution in [2.24, 2.45) is 5.73 Å². The van der Waals surface area contributed by atoms with Gasteiger partial charge in [0.15, 0.2) is 11.5 Å². The fraction of sp³-hybridized carbons (Fsp3) is 0.400. The number of likely N-dealkylation sites (tertiary alicyclic amines) is 1. The zero-order valence-electron chi connectivity index (χ0n) is 15.1. The van der Waals surface area contributed by atoms with Crippen molar-refractivity contribution in [2.75, 3.05) is 34.4 Å². The molecule has 0 amide bonds. The van der Waals surface area contributed by atoms with Gasteiger partial charge in [-0.05, 0) is 23.3 Å². The summed E-state index contributed by atoms with van der Waals surface area (Å²) in [6.45, 7) is 2.62. The minimum atomic E-state index is 0.143. The van der Waals surface area contributed by atoms with Gasteiger partial charge in [0, 0.05) is 31.6 Å². The molecule has 1 fully saturated rings. The first kappa shape index (κ1) is 17.6. The number of methoxy groups -OCH3 is 3. The lowest BCUT2D eigenvalue weighted by Gasteiger charge is -2.19. The molecular weight excluding hydrogens is 316 g/mol. The Morgan fingerprint density at radius 1 is 0.960 bits per heavy atom. The molecule has 1 aliphatic heterocycles. The zero-order chi connectivity index (χ0) is 17.8. The number of nitrogens with zero attached hydrogens (tertiary/aromatic N) is 1. The lowest BCUT2D eigenvalue weighted by molar-refractivity contribution is 0.311. The van der Waals surface area contributed by atoms with Gasteiger partial charge in [-0.25, -0.2) is 0 Å². The van der Waals surface area contributed by atoms with Crippen LogP contribution in [-0.2, 0) is 6.54 Å². The summed E-state index contributed by atoms with van der Waals surface area (Å²) in [6, 6.07) is 14.7. The molecule has 5 nitrogen and oxygen atoms in total. The Hall–Kier alpha value is -2.24. The molecule has 1 aliphatic rings. The van der Waals surface area contributed by atoms with Gasteiger partial charge in [0.2, 0.25) is 5.75 Å². The van der Waals surface area contributed by atoms with Crippen molar-refractivity contribution in [1.82, 2.24) is 4.90 Å². The van der Waals surface area contributed by atoms with Gasteiger partial charge in [-0.1, -0.05) is 30.3 Å². The van der Waals surface area contributed by atoms with Crippen molar-refractivity contribution in [3.63, 3.8) is 0 Å². The maximum Gasteiger partial charge on any atom is 0.203 e. The topological polar surface area (TPSA) is 57.0 Å². The average Bonchev–Trinajstić information content (AvgIpc) is 3.01. The van der Waals surface area contributed by atoms with Crippen molar-refractivity contribution in [3.8, 4) is 17.2 Å². The molecular formula is C20H26N2O3. The minimum Gasteiger partial charge on any atom is -0.493 e. The lowest BCUT2D eigenvalue weighted by Crippen LogP contribution is -2.28. The summed E-state index contributed by atoms with van der Waals surface area (Å²) in [5.74, 6) is 2.34. The first-order valence-electron chi connectivity index (χ1n) is 8.48. The van der Waals surface area contributed by atoms with Crippen molar-refractivity contribution in [3.05, 3.63) is 53.6 Å². The molecule has 2 aromatic rings. The predicted octanol–water partition coefficient (Wildman–Crippen LogP) is 2.64. The molecule has 0 unspecified atom stereocenters. The maximum atomic E-state index is 6.40. The SMILES string of the molecule is COc1cc(CN2C[C@@H](N)[C@H](c3ccccc3)C2)cc(OC)c1OC. The summed E-state index contributed by atoms with van der Waals surface area (Å²) in [5.41, 5.74) is 8.83. The molecule has 0 spiro atoms. The molecule has 2 atom stereocenters. The smallest absolute Gasteiger partial charge is 0.203 e. The third kappa shape index (κ3) is 3.72. The van der Waals surface area contributed by atoms with Gasteiger partial charge in [0.25, 0.3) is 0 Å². The molecule has 1 heterocycles. The number of ether oxygens (including phenoxy) is 3. The second-order valence-corrected chi connectivity index (χ2v) is 6.41. The third-order valence-electron chi connectivity index (χ3n) is 4.80. The van der Waals surface area contributed by atoms with E-state index in [4.69, 9.17) is 19.9 Å². The number of nitrogens with two attached hydrogens (primary N) is 1. The fourth-order valence-corrected chi connectivity index (χ4v) is 3.58. The average molecular weight is 342 g/mol. The fourth-order valence-electron chi connectivity index (χ4n) is 3.58. The summed E-state index contributed by atoms with van der Waals surface area (Å²) in [6.07, 6.45) is 0. The van der Waals surface area contributed by atoms with Gasteiger partial charge >= 0.3 is 0 Å². The van der Waals surface area contributed by atoms with E-state index in [-0.39, 0.29) is 6.04 Å². The Kier molecular flexibility index (Phi) is 5.46. The number of hydrogen-bond donors (Lipinski definition) is 1. The van der Waals surface area contributed by atoms with Crippen molar-refractivity contribution < 1.29 is 14.2 Å². The van der Waals surface area contributed by atoms with Crippen LogP contribution in [0.3, 0.4) is 0 Å². The monoisotopic (exact) mass is 342 g/mol.